The van der Waals surface area contributed by atoms with Crippen molar-refractivity contribution in [3.8, 4) is 0 Å². The van der Waals surface area contributed by atoms with Crippen molar-refractivity contribution in [3.63, 3.8) is 0 Å². The Morgan fingerprint density at radius 3 is 2.58 bits per heavy atom. The summed E-state index contributed by atoms with van der Waals surface area (Å²) in [5, 5.41) is 9.45. The van der Waals surface area contributed by atoms with E-state index in [1.165, 1.54) is 6.07 Å². The van der Waals surface area contributed by atoms with Crippen molar-refractivity contribution in [2.45, 2.75) is 39.7 Å². The summed E-state index contributed by atoms with van der Waals surface area (Å²) in [4.78, 5) is 13.4. The molecule has 0 amide bonds. The first kappa shape index (κ1) is 15.6. The van der Waals surface area contributed by atoms with Crippen molar-refractivity contribution in [3.05, 3.63) is 35.1 Å². The van der Waals surface area contributed by atoms with Gasteiger partial charge >= 0.3 is 5.97 Å². The maximum absolute atomic E-state index is 13.3. The van der Waals surface area contributed by atoms with E-state index in [2.05, 4.69) is 6.92 Å². The van der Waals surface area contributed by atoms with E-state index in [0.717, 1.165) is 19.4 Å². The topological polar surface area (TPSA) is 40.5 Å². The van der Waals surface area contributed by atoms with E-state index in [-0.39, 0.29) is 5.82 Å². The lowest BCUT2D eigenvalue weighted by molar-refractivity contribution is -0.143. The molecule has 1 N–H and O–H groups in total. The molecule has 0 fully saturated rings. The summed E-state index contributed by atoms with van der Waals surface area (Å²) in [6.07, 6.45) is 1.98. The molecular weight excluding hydrogens is 245 g/mol. The van der Waals surface area contributed by atoms with E-state index in [9.17, 15) is 14.3 Å². The number of carbonyl (C=O) groups is 1. The van der Waals surface area contributed by atoms with Crippen molar-refractivity contribution in [2.24, 2.45) is 0 Å². The van der Waals surface area contributed by atoms with Gasteiger partial charge < -0.3 is 5.11 Å². The van der Waals surface area contributed by atoms with E-state index in [4.69, 9.17) is 0 Å². The van der Waals surface area contributed by atoms with Crippen LogP contribution in [-0.4, -0.2) is 29.1 Å². The molecule has 0 saturated heterocycles. The average Bonchev–Trinajstić information content (AvgIpc) is 2.37. The minimum absolute atomic E-state index is 0.301. The third kappa shape index (κ3) is 4.03. The number of carboxylic acids is 1. The number of hydrogen-bond acceptors (Lipinski definition) is 2. The zero-order chi connectivity index (χ0) is 14.4. The van der Waals surface area contributed by atoms with Gasteiger partial charge in [0, 0.05) is 0 Å². The van der Waals surface area contributed by atoms with Crippen LogP contribution >= 0.6 is 0 Å². The van der Waals surface area contributed by atoms with E-state index < -0.39 is 12.0 Å². The van der Waals surface area contributed by atoms with Crippen molar-refractivity contribution in [1.29, 1.82) is 0 Å². The Morgan fingerprint density at radius 2 is 2.11 bits per heavy atom. The Labute approximate surface area is 114 Å². The van der Waals surface area contributed by atoms with Crippen LogP contribution in [0.15, 0.2) is 18.2 Å². The average molecular weight is 267 g/mol. The lowest BCUT2D eigenvalue weighted by Crippen LogP contribution is -2.34. The van der Waals surface area contributed by atoms with Crippen LogP contribution < -0.4 is 0 Å². The zero-order valence-corrected chi connectivity index (χ0v) is 11.8. The summed E-state index contributed by atoms with van der Waals surface area (Å²) in [6.45, 7) is 7.07. The molecule has 0 aromatic heterocycles. The fraction of sp³-hybridized carbons (Fsp3) is 0.533. The first-order valence-corrected chi connectivity index (χ1v) is 6.74. The van der Waals surface area contributed by atoms with Gasteiger partial charge in [0.25, 0.3) is 0 Å². The van der Waals surface area contributed by atoms with E-state index in [1.54, 1.807) is 19.1 Å². The number of unbranched alkanes of at least 4 members (excludes halogenated alkanes) is 1. The highest BCUT2D eigenvalue weighted by molar-refractivity contribution is 5.75. The molecule has 0 saturated carbocycles. The van der Waals surface area contributed by atoms with Crippen LogP contribution in [0, 0.1) is 12.7 Å². The van der Waals surface area contributed by atoms with E-state index in [0.29, 0.717) is 17.7 Å². The minimum Gasteiger partial charge on any atom is -0.480 e. The molecule has 0 bridgehead atoms. The Kier molecular flexibility index (Phi) is 5.96. The molecule has 0 aliphatic rings. The smallest absolute Gasteiger partial charge is 0.325 e. The number of halogens is 1. The van der Waals surface area contributed by atoms with Crippen LogP contribution in [0.3, 0.4) is 0 Å². The molecule has 4 heteroatoms. The molecule has 1 aromatic carbocycles. The largest absolute Gasteiger partial charge is 0.480 e. The number of aryl methyl sites for hydroxylation is 1. The van der Waals surface area contributed by atoms with Gasteiger partial charge in [-0.05, 0) is 43.6 Å². The highest BCUT2D eigenvalue weighted by Gasteiger charge is 2.26. The van der Waals surface area contributed by atoms with Gasteiger partial charge in [0.05, 0.1) is 0 Å². The first-order chi connectivity index (χ1) is 9.01. The van der Waals surface area contributed by atoms with Gasteiger partial charge in [-0.3, -0.25) is 9.69 Å². The predicted octanol–water partition coefficient (Wildman–Crippen LogP) is 3.38. The number of hydrogen-bond donors (Lipinski definition) is 1. The van der Waals surface area contributed by atoms with Crippen LogP contribution in [0.2, 0.25) is 0 Å². The Bertz CT molecular complexity index is 434. The second-order valence-corrected chi connectivity index (χ2v) is 4.73. The standard InChI is InChI=1S/C15H22FNO2/c1-4-6-9-17(5-2)14(15(18)19)12-7-8-13(16)11(3)10-12/h7-8,10,14H,4-6,9H2,1-3H3,(H,18,19). The molecule has 1 rings (SSSR count). The van der Waals surface area contributed by atoms with Crippen LogP contribution in [0.4, 0.5) is 4.39 Å². The van der Waals surface area contributed by atoms with E-state index >= 15 is 0 Å². The van der Waals surface area contributed by atoms with Crippen LogP contribution in [0.1, 0.15) is 43.9 Å². The SMILES string of the molecule is CCCCN(CC)C(C(=O)O)c1ccc(F)c(C)c1. The fourth-order valence-electron chi connectivity index (χ4n) is 2.18. The predicted molar refractivity (Wildman–Crippen MR) is 73.7 cm³/mol. The lowest BCUT2D eigenvalue weighted by atomic mass is 10.0. The van der Waals surface area contributed by atoms with Gasteiger partial charge in [-0.1, -0.05) is 32.4 Å². The molecule has 0 radical (unpaired) electrons. The first-order valence-electron chi connectivity index (χ1n) is 6.74. The zero-order valence-electron chi connectivity index (χ0n) is 11.8. The number of rotatable bonds is 7. The maximum atomic E-state index is 13.3. The van der Waals surface area contributed by atoms with Gasteiger partial charge in [0.2, 0.25) is 0 Å². The minimum atomic E-state index is -0.885. The van der Waals surface area contributed by atoms with Gasteiger partial charge in [0.15, 0.2) is 0 Å². The summed E-state index contributed by atoms with van der Waals surface area (Å²) < 4.78 is 13.3. The molecule has 1 aromatic rings. The van der Waals surface area contributed by atoms with Crippen molar-refractivity contribution >= 4 is 5.97 Å². The number of aliphatic carboxylic acids is 1. The molecule has 106 valence electrons. The van der Waals surface area contributed by atoms with Gasteiger partial charge in [0.1, 0.15) is 11.9 Å². The molecule has 0 aliphatic heterocycles. The number of carboxylic acid groups (broad SMARTS) is 1. The Balaban J connectivity index is 3.04. The second-order valence-electron chi connectivity index (χ2n) is 4.73. The maximum Gasteiger partial charge on any atom is 0.325 e. The summed E-state index contributed by atoms with van der Waals surface area (Å²) in [5.41, 5.74) is 1.12. The molecule has 1 atom stereocenters. The number of likely N-dealkylation sites (N-methyl/N-ethyl adjacent to an activating group) is 1. The Morgan fingerprint density at radius 1 is 1.42 bits per heavy atom. The summed E-state index contributed by atoms with van der Waals surface area (Å²) in [5.74, 6) is -1.19. The van der Waals surface area contributed by atoms with Crippen LogP contribution in [0.5, 0.6) is 0 Å². The van der Waals surface area contributed by atoms with Gasteiger partial charge in [-0.25, -0.2) is 4.39 Å². The molecule has 0 aliphatic carbocycles. The third-order valence-corrected chi connectivity index (χ3v) is 3.30. The fourth-order valence-corrected chi connectivity index (χ4v) is 2.18. The number of benzene rings is 1. The molecule has 0 heterocycles. The monoisotopic (exact) mass is 267 g/mol. The molecule has 0 spiro atoms. The van der Waals surface area contributed by atoms with Gasteiger partial charge in [-0.2, -0.15) is 0 Å². The van der Waals surface area contributed by atoms with Gasteiger partial charge in [-0.15, -0.1) is 0 Å². The van der Waals surface area contributed by atoms with Crippen molar-refractivity contribution in [2.75, 3.05) is 13.1 Å². The van der Waals surface area contributed by atoms with Crippen LogP contribution in [-0.2, 0) is 4.79 Å². The second kappa shape index (κ2) is 7.24. The van der Waals surface area contributed by atoms with E-state index in [1.807, 2.05) is 11.8 Å². The molecule has 3 nitrogen and oxygen atoms in total. The summed E-state index contributed by atoms with van der Waals surface area (Å²) >= 11 is 0. The molecule has 19 heavy (non-hydrogen) atoms. The quantitative estimate of drug-likeness (QED) is 0.823. The summed E-state index contributed by atoms with van der Waals surface area (Å²) in [7, 11) is 0. The van der Waals surface area contributed by atoms with Crippen molar-refractivity contribution < 1.29 is 14.3 Å². The molecular formula is C15H22FNO2. The Hall–Kier alpha value is -1.42. The lowest BCUT2D eigenvalue weighted by Gasteiger charge is -2.28. The highest BCUT2D eigenvalue weighted by atomic mass is 19.1. The molecule has 1 unspecified atom stereocenters. The highest BCUT2D eigenvalue weighted by Crippen LogP contribution is 2.23. The number of nitrogens with zero attached hydrogens (tertiary/aromatic N) is 1. The third-order valence-electron chi connectivity index (χ3n) is 3.30. The van der Waals surface area contributed by atoms with Crippen LogP contribution in [0.25, 0.3) is 0 Å². The normalized spacial score (nSPS) is 12.7. The van der Waals surface area contributed by atoms with Crippen molar-refractivity contribution in [1.82, 2.24) is 4.90 Å². The summed E-state index contributed by atoms with van der Waals surface area (Å²) in [6, 6.07) is 3.84.